The second-order valence-electron chi connectivity index (χ2n) is 4.73. The van der Waals surface area contributed by atoms with E-state index in [0.29, 0.717) is 11.6 Å². The van der Waals surface area contributed by atoms with Gasteiger partial charge >= 0.3 is 5.97 Å². The van der Waals surface area contributed by atoms with Crippen LogP contribution in [0.4, 0.5) is 0 Å². The first kappa shape index (κ1) is 12.4. The van der Waals surface area contributed by atoms with Crippen molar-refractivity contribution < 1.29 is 9.90 Å². The number of H-pyrrole nitrogens is 1. The van der Waals surface area contributed by atoms with Crippen LogP contribution in [0, 0.1) is 5.92 Å². The number of carboxylic acids is 1. The van der Waals surface area contributed by atoms with E-state index in [4.69, 9.17) is 5.11 Å². The molecular weight excluding hydrogens is 228 g/mol. The quantitative estimate of drug-likeness (QED) is 0.868. The molecule has 0 unspecified atom stereocenters. The molecule has 0 amide bonds. The van der Waals surface area contributed by atoms with Crippen LogP contribution >= 0.6 is 0 Å². The Morgan fingerprint density at radius 2 is 2.00 bits per heavy atom. The summed E-state index contributed by atoms with van der Waals surface area (Å²) < 4.78 is 0. The molecule has 0 aliphatic carbocycles. The fraction of sp³-hybridized carbons (Fsp3) is 0.286. The van der Waals surface area contributed by atoms with Gasteiger partial charge in [-0.1, -0.05) is 38.1 Å². The fourth-order valence-corrected chi connectivity index (χ4v) is 1.95. The minimum Gasteiger partial charge on any atom is -0.477 e. The normalized spacial score (nSPS) is 10.8. The largest absolute Gasteiger partial charge is 0.477 e. The second kappa shape index (κ2) is 5.04. The van der Waals surface area contributed by atoms with Gasteiger partial charge in [-0.25, -0.2) is 9.78 Å². The lowest BCUT2D eigenvalue weighted by Gasteiger charge is -2.05. The van der Waals surface area contributed by atoms with E-state index in [9.17, 15) is 4.79 Å². The monoisotopic (exact) mass is 244 g/mol. The van der Waals surface area contributed by atoms with Gasteiger partial charge in [-0.15, -0.1) is 0 Å². The summed E-state index contributed by atoms with van der Waals surface area (Å²) in [6.07, 6.45) is 2.42. The Morgan fingerprint density at radius 1 is 1.33 bits per heavy atom. The molecule has 2 aromatic rings. The molecule has 0 radical (unpaired) electrons. The lowest BCUT2D eigenvalue weighted by molar-refractivity contribution is 0.0692. The van der Waals surface area contributed by atoms with Gasteiger partial charge in [0.1, 0.15) is 5.69 Å². The zero-order chi connectivity index (χ0) is 13.1. The standard InChI is InChI=1S/C14H16N2O2/c1-9(2)7-10-3-5-11(6-4-10)12-13(14(17)18)16-8-15-12/h3-6,8-9H,7H2,1-2H3,(H,15,16)(H,17,18). The number of nitrogens with one attached hydrogen (secondary N) is 1. The summed E-state index contributed by atoms with van der Waals surface area (Å²) in [6.45, 7) is 4.34. The van der Waals surface area contributed by atoms with Crippen LogP contribution in [0.5, 0.6) is 0 Å². The number of aromatic carboxylic acids is 1. The molecule has 4 heteroatoms. The van der Waals surface area contributed by atoms with E-state index in [1.807, 2.05) is 24.3 Å². The van der Waals surface area contributed by atoms with Crippen molar-refractivity contribution in [2.75, 3.05) is 0 Å². The Morgan fingerprint density at radius 3 is 2.56 bits per heavy atom. The number of imidazole rings is 1. The number of carboxylic acid groups (broad SMARTS) is 1. The molecule has 4 nitrogen and oxygen atoms in total. The van der Waals surface area contributed by atoms with Gasteiger partial charge in [0, 0.05) is 5.56 Å². The molecule has 0 bridgehead atoms. The first-order valence-corrected chi connectivity index (χ1v) is 5.94. The summed E-state index contributed by atoms with van der Waals surface area (Å²) >= 11 is 0. The minimum atomic E-state index is -0.992. The molecule has 94 valence electrons. The highest BCUT2D eigenvalue weighted by atomic mass is 16.4. The number of hydrogen-bond donors (Lipinski definition) is 2. The van der Waals surface area contributed by atoms with Crippen molar-refractivity contribution in [3.8, 4) is 11.3 Å². The molecule has 0 atom stereocenters. The lowest BCUT2D eigenvalue weighted by atomic mass is 10.0. The molecule has 1 aromatic carbocycles. The van der Waals surface area contributed by atoms with Crippen LogP contribution in [0.25, 0.3) is 11.3 Å². The molecule has 0 fully saturated rings. The summed E-state index contributed by atoms with van der Waals surface area (Å²) in [5.74, 6) is -0.385. The number of rotatable bonds is 4. The molecular formula is C14H16N2O2. The van der Waals surface area contributed by atoms with Crippen LogP contribution in [0.15, 0.2) is 30.6 Å². The van der Waals surface area contributed by atoms with Gasteiger partial charge in [0.25, 0.3) is 0 Å². The van der Waals surface area contributed by atoms with Crippen LogP contribution in [-0.4, -0.2) is 21.0 Å². The van der Waals surface area contributed by atoms with Crippen LogP contribution in [-0.2, 0) is 6.42 Å². The van der Waals surface area contributed by atoms with Crippen molar-refractivity contribution in [1.82, 2.24) is 9.97 Å². The SMILES string of the molecule is CC(C)Cc1ccc(-c2nc[nH]c2C(=O)O)cc1. The highest BCUT2D eigenvalue weighted by molar-refractivity contribution is 5.92. The topological polar surface area (TPSA) is 66.0 Å². The molecule has 0 saturated carbocycles. The Kier molecular flexibility index (Phi) is 3.46. The molecule has 0 aliphatic heterocycles. The predicted octanol–water partition coefficient (Wildman–Crippen LogP) is 2.97. The third-order valence-electron chi connectivity index (χ3n) is 2.72. The van der Waals surface area contributed by atoms with Crippen molar-refractivity contribution in [2.45, 2.75) is 20.3 Å². The number of aromatic amines is 1. The molecule has 18 heavy (non-hydrogen) atoms. The molecule has 0 spiro atoms. The van der Waals surface area contributed by atoms with Gasteiger partial charge in [-0.05, 0) is 17.9 Å². The minimum absolute atomic E-state index is 0.131. The molecule has 1 heterocycles. The zero-order valence-electron chi connectivity index (χ0n) is 10.5. The van der Waals surface area contributed by atoms with Gasteiger partial charge in [-0.3, -0.25) is 0 Å². The van der Waals surface area contributed by atoms with E-state index in [1.54, 1.807) is 0 Å². The van der Waals surface area contributed by atoms with E-state index < -0.39 is 5.97 Å². The van der Waals surface area contributed by atoms with Crippen molar-refractivity contribution in [3.05, 3.63) is 41.9 Å². The van der Waals surface area contributed by atoms with E-state index in [0.717, 1.165) is 12.0 Å². The van der Waals surface area contributed by atoms with Crippen molar-refractivity contribution in [3.63, 3.8) is 0 Å². The average Bonchev–Trinajstić information content (AvgIpc) is 2.78. The third kappa shape index (κ3) is 2.59. The number of aromatic nitrogens is 2. The predicted molar refractivity (Wildman–Crippen MR) is 69.5 cm³/mol. The highest BCUT2D eigenvalue weighted by Crippen LogP contribution is 2.21. The first-order valence-electron chi connectivity index (χ1n) is 5.94. The fourth-order valence-electron chi connectivity index (χ4n) is 1.95. The van der Waals surface area contributed by atoms with Crippen molar-refractivity contribution >= 4 is 5.97 Å². The summed E-state index contributed by atoms with van der Waals surface area (Å²) in [5, 5.41) is 9.02. The maximum atomic E-state index is 11.0. The van der Waals surface area contributed by atoms with Crippen LogP contribution in [0.1, 0.15) is 29.9 Å². The van der Waals surface area contributed by atoms with Gasteiger partial charge in [0.15, 0.2) is 5.69 Å². The number of carbonyl (C=O) groups is 1. The Hall–Kier alpha value is -2.10. The zero-order valence-corrected chi connectivity index (χ0v) is 10.5. The van der Waals surface area contributed by atoms with E-state index in [-0.39, 0.29) is 5.69 Å². The Labute approximate surface area is 106 Å². The second-order valence-corrected chi connectivity index (χ2v) is 4.73. The summed E-state index contributed by atoms with van der Waals surface area (Å²) in [4.78, 5) is 17.7. The molecule has 1 aromatic heterocycles. The van der Waals surface area contributed by atoms with E-state index in [1.165, 1.54) is 11.9 Å². The van der Waals surface area contributed by atoms with Gasteiger partial charge in [0.2, 0.25) is 0 Å². The molecule has 0 saturated heterocycles. The van der Waals surface area contributed by atoms with Gasteiger partial charge in [0.05, 0.1) is 6.33 Å². The van der Waals surface area contributed by atoms with E-state index >= 15 is 0 Å². The van der Waals surface area contributed by atoms with Crippen molar-refractivity contribution in [2.24, 2.45) is 5.92 Å². The molecule has 0 aliphatic rings. The van der Waals surface area contributed by atoms with Crippen molar-refractivity contribution in [1.29, 1.82) is 0 Å². The first-order chi connectivity index (χ1) is 8.58. The third-order valence-corrected chi connectivity index (χ3v) is 2.72. The lowest BCUT2D eigenvalue weighted by Crippen LogP contribution is -1.99. The smallest absolute Gasteiger partial charge is 0.354 e. The van der Waals surface area contributed by atoms with Gasteiger partial charge < -0.3 is 10.1 Å². The van der Waals surface area contributed by atoms with Gasteiger partial charge in [-0.2, -0.15) is 0 Å². The highest BCUT2D eigenvalue weighted by Gasteiger charge is 2.14. The van der Waals surface area contributed by atoms with Crippen LogP contribution < -0.4 is 0 Å². The van der Waals surface area contributed by atoms with E-state index in [2.05, 4.69) is 23.8 Å². The molecule has 2 rings (SSSR count). The molecule has 2 N–H and O–H groups in total. The summed E-state index contributed by atoms with van der Waals surface area (Å²) in [7, 11) is 0. The maximum Gasteiger partial charge on any atom is 0.354 e. The summed E-state index contributed by atoms with van der Waals surface area (Å²) in [5.41, 5.74) is 2.69. The number of benzene rings is 1. The number of nitrogens with zero attached hydrogens (tertiary/aromatic N) is 1. The average molecular weight is 244 g/mol. The summed E-state index contributed by atoms with van der Waals surface area (Å²) in [6, 6.07) is 7.88. The van der Waals surface area contributed by atoms with Crippen LogP contribution in [0.2, 0.25) is 0 Å². The number of hydrogen-bond acceptors (Lipinski definition) is 2. The Balaban J connectivity index is 2.29. The maximum absolute atomic E-state index is 11.0. The van der Waals surface area contributed by atoms with Crippen LogP contribution in [0.3, 0.4) is 0 Å². The Bertz CT molecular complexity index is 541.